The Labute approximate surface area is 162 Å². The third kappa shape index (κ3) is 3.55. The van der Waals surface area contributed by atoms with Crippen LogP contribution in [0.25, 0.3) is 0 Å². The predicted octanol–water partition coefficient (Wildman–Crippen LogP) is 4.21. The van der Waals surface area contributed by atoms with Gasteiger partial charge in [-0.15, -0.1) is 0 Å². The van der Waals surface area contributed by atoms with Gasteiger partial charge in [0.15, 0.2) is 0 Å². The maximum absolute atomic E-state index is 12.7. The minimum absolute atomic E-state index is 0.403. The molecule has 0 aliphatic heterocycles. The second-order valence-electron chi connectivity index (χ2n) is 8.04. The Balaban J connectivity index is 2.49. The maximum atomic E-state index is 12.7. The van der Waals surface area contributed by atoms with Gasteiger partial charge in [0.05, 0.1) is 0 Å². The van der Waals surface area contributed by atoms with Crippen LogP contribution in [0.3, 0.4) is 0 Å². The molecule has 0 fully saturated rings. The molecule has 1 N–H and O–H groups in total. The number of rotatable bonds is 5. The summed E-state index contributed by atoms with van der Waals surface area (Å²) in [4.78, 5) is 12.7. The first-order chi connectivity index (χ1) is 12.9. The number of carboxylic acid groups (broad SMARTS) is 1. The topological polar surface area (TPSA) is 37.3 Å². The Bertz CT molecular complexity index is 787. The van der Waals surface area contributed by atoms with Gasteiger partial charge < -0.3 is 0 Å². The van der Waals surface area contributed by atoms with Crippen LogP contribution < -0.4 is 15.9 Å². The van der Waals surface area contributed by atoms with E-state index < -0.39 is 24.3 Å². The standard InChI is InChI=1S/C24H27O2P/c1-24(2,3)22(23(25)26)27(19-13-7-4-8-14-19,20-15-9-5-10-16-20)21-17-11-6-12-18-21/h4-18,22,27H,1-3H3,(H,25,26). The van der Waals surface area contributed by atoms with Crippen LogP contribution in [0.2, 0.25) is 0 Å². The van der Waals surface area contributed by atoms with Crippen LogP contribution in [0.4, 0.5) is 0 Å². The molecule has 140 valence electrons. The number of carboxylic acids is 1. The summed E-state index contributed by atoms with van der Waals surface area (Å²) >= 11 is 0. The van der Waals surface area contributed by atoms with Gasteiger partial charge in [0.25, 0.3) is 0 Å². The molecule has 0 aliphatic carbocycles. The zero-order valence-corrected chi connectivity index (χ0v) is 17.1. The van der Waals surface area contributed by atoms with E-state index in [-0.39, 0.29) is 0 Å². The first kappa shape index (κ1) is 19.3. The fourth-order valence-corrected chi connectivity index (χ4v) is 10.1. The van der Waals surface area contributed by atoms with E-state index in [4.69, 9.17) is 0 Å². The van der Waals surface area contributed by atoms with Crippen LogP contribution in [-0.2, 0) is 4.79 Å². The molecule has 1 atom stereocenters. The normalized spacial score (nSPS) is 13.7. The van der Waals surface area contributed by atoms with E-state index in [0.717, 1.165) is 15.9 Å². The molecule has 27 heavy (non-hydrogen) atoms. The van der Waals surface area contributed by atoms with Crippen molar-refractivity contribution in [2.45, 2.75) is 26.4 Å². The van der Waals surface area contributed by atoms with Gasteiger partial charge in [0.1, 0.15) is 0 Å². The van der Waals surface area contributed by atoms with Crippen molar-refractivity contribution in [3.63, 3.8) is 0 Å². The molecule has 0 saturated carbocycles. The molecule has 0 spiro atoms. The van der Waals surface area contributed by atoms with Crippen LogP contribution in [0, 0.1) is 5.41 Å². The number of hydrogen-bond donors (Lipinski definition) is 1. The molecule has 0 aliphatic rings. The van der Waals surface area contributed by atoms with Crippen molar-refractivity contribution >= 4 is 29.1 Å². The monoisotopic (exact) mass is 378 g/mol. The van der Waals surface area contributed by atoms with E-state index in [2.05, 4.69) is 36.4 Å². The van der Waals surface area contributed by atoms with Crippen LogP contribution in [0.5, 0.6) is 0 Å². The van der Waals surface area contributed by atoms with Crippen molar-refractivity contribution in [2.24, 2.45) is 5.41 Å². The van der Waals surface area contributed by atoms with Crippen molar-refractivity contribution in [2.75, 3.05) is 0 Å². The Morgan fingerprint density at radius 2 is 1.00 bits per heavy atom. The van der Waals surface area contributed by atoms with Gasteiger partial charge in [-0.1, -0.05) is 0 Å². The quantitative estimate of drug-likeness (QED) is 0.675. The molecule has 3 heteroatoms. The van der Waals surface area contributed by atoms with E-state index in [1.807, 2.05) is 75.4 Å². The van der Waals surface area contributed by atoms with Crippen molar-refractivity contribution in [3.8, 4) is 0 Å². The van der Waals surface area contributed by atoms with Crippen LogP contribution in [-0.4, -0.2) is 16.7 Å². The number of benzene rings is 3. The second-order valence-corrected chi connectivity index (χ2v) is 12.0. The van der Waals surface area contributed by atoms with Gasteiger partial charge in [-0.05, 0) is 0 Å². The molecule has 1 unspecified atom stereocenters. The van der Waals surface area contributed by atoms with Gasteiger partial charge in [-0.3, -0.25) is 0 Å². The molecule has 3 aromatic carbocycles. The molecule has 0 amide bonds. The fourth-order valence-electron chi connectivity index (χ4n) is 4.31. The summed E-state index contributed by atoms with van der Waals surface area (Å²) < 4.78 is 0. The summed E-state index contributed by atoms with van der Waals surface area (Å²) in [6.07, 6.45) is 0. The SMILES string of the molecule is CC(C)(C)C(C(=O)O)[PH](c1ccccc1)(c1ccccc1)c1ccccc1. The molecule has 0 heterocycles. The Morgan fingerprint density at radius 1 is 0.704 bits per heavy atom. The van der Waals surface area contributed by atoms with Gasteiger partial charge in [-0.25, -0.2) is 0 Å². The van der Waals surface area contributed by atoms with Gasteiger partial charge in [0, 0.05) is 0 Å². The minimum atomic E-state index is -2.85. The van der Waals surface area contributed by atoms with E-state index in [1.165, 1.54) is 0 Å². The molecule has 2 nitrogen and oxygen atoms in total. The van der Waals surface area contributed by atoms with Gasteiger partial charge >= 0.3 is 162 Å². The molecule has 0 aromatic heterocycles. The summed E-state index contributed by atoms with van der Waals surface area (Å²) in [6, 6.07) is 30.7. The number of carbonyl (C=O) groups is 1. The van der Waals surface area contributed by atoms with Crippen LogP contribution >= 0.6 is 7.26 Å². The number of hydrogen-bond acceptors (Lipinski definition) is 1. The third-order valence-electron chi connectivity index (χ3n) is 5.23. The summed E-state index contributed by atoms with van der Waals surface area (Å²) in [5.41, 5.74) is -0.920. The Morgan fingerprint density at radius 3 is 1.22 bits per heavy atom. The zero-order chi connectivity index (χ0) is 19.5. The van der Waals surface area contributed by atoms with Crippen molar-refractivity contribution in [1.29, 1.82) is 0 Å². The van der Waals surface area contributed by atoms with E-state index in [1.54, 1.807) is 0 Å². The second kappa shape index (κ2) is 7.66. The van der Waals surface area contributed by atoms with Gasteiger partial charge in [-0.2, -0.15) is 0 Å². The Hall–Kier alpha value is -2.44. The average molecular weight is 378 g/mol. The van der Waals surface area contributed by atoms with Crippen LogP contribution in [0.1, 0.15) is 20.8 Å². The summed E-state index contributed by atoms with van der Waals surface area (Å²) in [6.45, 7) is 6.13. The van der Waals surface area contributed by atoms with Crippen molar-refractivity contribution in [3.05, 3.63) is 91.0 Å². The number of aliphatic carboxylic acids is 1. The molecule has 0 saturated heterocycles. The molecule has 0 bridgehead atoms. The van der Waals surface area contributed by atoms with Crippen molar-refractivity contribution in [1.82, 2.24) is 0 Å². The molecular weight excluding hydrogens is 351 g/mol. The predicted molar refractivity (Wildman–Crippen MR) is 117 cm³/mol. The average Bonchev–Trinajstić information content (AvgIpc) is 2.66. The van der Waals surface area contributed by atoms with E-state index >= 15 is 0 Å². The van der Waals surface area contributed by atoms with E-state index in [0.29, 0.717) is 0 Å². The molecule has 3 rings (SSSR count). The van der Waals surface area contributed by atoms with Gasteiger partial charge in [0.2, 0.25) is 0 Å². The zero-order valence-electron chi connectivity index (χ0n) is 16.1. The first-order valence-corrected chi connectivity index (χ1v) is 11.4. The first-order valence-electron chi connectivity index (χ1n) is 9.28. The molecular formula is C24H27O2P. The molecule has 0 radical (unpaired) electrons. The van der Waals surface area contributed by atoms with Crippen LogP contribution in [0.15, 0.2) is 91.0 Å². The summed E-state index contributed by atoms with van der Waals surface area (Å²) in [7, 11) is -2.85. The van der Waals surface area contributed by atoms with E-state index in [9.17, 15) is 9.90 Å². The third-order valence-corrected chi connectivity index (χ3v) is 10.9. The Kier molecular flexibility index (Phi) is 5.48. The fraction of sp³-hybridized carbons (Fsp3) is 0.208. The summed E-state index contributed by atoms with van der Waals surface area (Å²) in [5.74, 6) is -0.731. The molecule has 3 aromatic rings. The summed E-state index contributed by atoms with van der Waals surface area (Å²) in [5, 5.41) is 13.9. The van der Waals surface area contributed by atoms with Crippen molar-refractivity contribution < 1.29 is 9.90 Å².